The molecule has 0 aliphatic rings. The molecule has 0 saturated heterocycles. The summed E-state index contributed by atoms with van der Waals surface area (Å²) in [5.74, 6) is -0.862. The summed E-state index contributed by atoms with van der Waals surface area (Å²) in [7, 11) is -3.91. The SMILES string of the molecule is O=c1oc2ccc(Br)cc2cc1S(=O)(=O)Cc1ccc(F)cc1. The van der Waals surface area contributed by atoms with E-state index in [1.54, 1.807) is 18.2 Å². The Bertz CT molecular complexity index is 1040. The van der Waals surface area contributed by atoms with E-state index in [0.717, 1.165) is 4.47 Å². The van der Waals surface area contributed by atoms with E-state index >= 15 is 0 Å². The average Bonchev–Trinajstić information content (AvgIpc) is 2.49. The molecule has 0 N–H and O–H groups in total. The predicted octanol–water partition coefficient (Wildman–Crippen LogP) is 3.67. The molecule has 4 nitrogen and oxygen atoms in total. The van der Waals surface area contributed by atoms with Crippen molar-refractivity contribution in [1.82, 2.24) is 0 Å². The van der Waals surface area contributed by atoms with Crippen molar-refractivity contribution in [2.75, 3.05) is 0 Å². The van der Waals surface area contributed by atoms with Crippen LogP contribution in [0.2, 0.25) is 0 Å². The van der Waals surface area contributed by atoms with Crippen LogP contribution in [0.4, 0.5) is 4.39 Å². The molecule has 3 rings (SSSR count). The number of sulfone groups is 1. The summed E-state index contributed by atoms with van der Waals surface area (Å²) in [6, 6.07) is 11.3. The standard InChI is InChI=1S/C16H10BrFO4S/c17-12-3-6-14-11(7-12)8-15(16(19)22-14)23(20,21)9-10-1-4-13(18)5-2-10/h1-8H,9H2. The Balaban J connectivity index is 2.08. The summed E-state index contributed by atoms with van der Waals surface area (Å²) < 4.78 is 43.7. The van der Waals surface area contributed by atoms with Crippen LogP contribution >= 0.6 is 15.9 Å². The number of halogens is 2. The quantitative estimate of drug-likeness (QED) is 0.633. The Morgan fingerprint density at radius 3 is 2.43 bits per heavy atom. The molecule has 3 aromatic rings. The van der Waals surface area contributed by atoms with Crippen LogP contribution in [0.15, 0.2) is 67.1 Å². The fourth-order valence-electron chi connectivity index (χ4n) is 2.17. The number of hydrogen-bond acceptors (Lipinski definition) is 4. The van der Waals surface area contributed by atoms with E-state index in [4.69, 9.17) is 4.42 Å². The van der Waals surface area contributed by atoms with Gasteiger partial charge in [-0.15, -0.1) is 0 Å². The molecule has 2 aromatic carbocycles. The van der Waals surface area contributed by atoms with E-state index < -0.39 is 31.9 Å². The van der Waals surface area contributed by atoms with Gasteiger partial charge in [0.05, 0.1) is 5.75 Å². The molecule has 0 fully saturated rings. The van der Waals surface area contributed by atoms with E-state index in [2.05, 4.69) is 15.9 Å². The van der Waals surface area contributed by atoms with Crippen molar-refractivity contribution in [2.24, 2.45) is 0 Å². The molecule has 0 unspecified atom stereocenters. The molecule has 0 aliphatic carbocycles. The molecular weight excluding hydrogens is 387 g/mol. The van der Waals surface area contributed by atoms with Gasteiger partial charge in [0.25, 0.3) is 0 Å². The first kappa shape index (κ1) is 15.9. The zero-order valence-corrected chi connectivity index (χ0v) is 14.0. The normalized spacial score (nSPS) is 11.7. The van der Waals surface area contributed by atoms with Gasteiger partial charge in [0.1, 0.15) is 11.4 Å². The fraction of sp³-hybridized carbons (Fsp3) is 0.0625. The van der Waals surface area contributed by atoms with E-state index in [0.29, 0.717) is 16.5 Å². The predicted molar refractivity (Wildman–Crippen MR) is 87.5 cm³/mol. The minimum Gasteiger partial charge on any atom is -0.422 e. The van der Waals surface area contributed by atoms with Gasteiger partial charge in [-0.3, -0.25) is 0 Å². The zero-order chi connectivity index (χ0) is 16.6. The highest BCUT2D eigenvalue weighted by atomic mass is 79.9. The molecule has 1 aromatic heterocycles. The van der Waals surface area contributed by atoms with Crippen LogP contribution in [0.1, 0.15) is 5.56 Å². The Morgan fingerprint density at radius 2 is 1.74 bits per heavy atom. The third-order valence-electron chi connectivity index (χ3n) is 3.27. The van der Waals surface area contributed by atoms with Crippen LogP contribution in [0.5, 0.6) is 0 Å². The first-order valence-electron chi connectivity index (χ1n) is 6.56. The second kappa shape index (κ2) is 5.90. The Hall–Kier alpha value is -1.99. The van der Waals surface area contributed by atoms with Crippen molar-refractivity contribution in [1.29, 1.82) is 0 Å². The average molecular weight is 397 g/mol. The van der Waals surface area contributed by atoms with Crippen LogP contribution in [-0.4, -0.2) is 8.42 Å². The Kier molecular flexibility index (Phi) is 4.08. The van der Waals surface area contributed by atoms with Crippen molar-refractivity contribution >= 4 is 36.7 Å². The Morgan fingerprint density at radius 1 is 1.04 bits per heavy atom. The lowest BCUT2D eigenvalue weighted by molar-refractivity contribution is 0.532. The molecule has 118 valence electrons. The first-order valence-corrected chi connectivity index (χ1v) is 9.00. The number of fused-ring (bicyclic) bond motifs is 1. The highest BCUT2D eigenvalue weighted by Crippen LogP contribution is 2.22. The molecule has 0 bridgehead atoms. The number of benzene rings is 2. The minimum absolute atomic E-state index is 0.305. The summed E-state index contributed by atoms with van der Waals surface area (Å²) in [5.41, 5.74) is -0.221. The summed E-state index contributed by atoms with van der Waals surface area (Å²) in [6.45, 7) is 0. The lowest BCUT2D eigenvalue weighted by atomic mass is 10.2. The lowest BCUT2D eigenvalue weighted by Crippen LogP contribution is -2.15. The van der Waals surface area contributed by atoms with E-state index in [1.807, 2.05) is 0 Å². The smallest absolute Gasteiger partial charge is 0.355 e. The third-order valence-corrected chi connectivity index (χ3v) is 5.43. The molecule has 0 saturated carbocycles. The van der Waals surface area contributed by atoms with Gasteiger partial charge in [-0.05, 0) is 42.0 Å². The number of rotatable bonds is 3. The maximum absolute atomic E-state index is 12.9. The summed E-state index contributed by atoms with van der Waals surface area (Å²) in [5, 5.41) is 0.497. The molecular formula is C16H10BrFO4S. The summed E-state index contributed by atoms with van der Waals surface area (Å²) in [4.78, 5) is 11.6. The highest BCUT2D eigenvalue weighted by Gasteiger charge is 2.21. The van der Waals surface area contributed by atoms with E-state index in [-0.39, 0.29) is 0 Å². The summed E-state index contributed by atoms with van der Waals surface area (Å²) >= 11 is 3.28. The van der Waals surface area contributed by atoms with Gasteiger partial charge in [-0.1, -0.05) is 28.1 Å². The third kappa shape index (κ3) is 3.35. The van der Waals surface area contributed by atoms with Crippen LogP contribution in [0.25, 0.3) is 11.0 Å². The van der Waals surface area contributed by atoms with Crippen LogP contribution < -0.4 is 5.63 Å². The largest absolute Gasteiger partial charge is 0.422 e. The second-order valence-corrected chi connectivity index (χ2v) is 7.84. The topological polar surface area (TPSA) is 64.3 Å². The highest BCUT2D eigenvalue weighted by molar-refractivity contribution is 9.10. The first-order chi connectivity index (χ1) is 10.8. The van der Waals surface area contributed by atoms with Gasteiger partial charge in [0.15, 0.2) is 14.7 Å². The molecule has 0 radical (unpaired) electrons. The van der Waals surface area contributed by atoms with Crippen LogP contribution in [-0.2, 0) is 15.6 Å². The zero-order valence-electron chi connectivity index (χ0n) is 11.6. The van der Waals surface area contributed by atoms with Gasteiger partial charge >= 0.3 is 5.63 Å². The second-order valence-electron chi connectivity index (χ2n) is 4.97. The molecule has 23 heavy (non-hydrogen) atoms. The number of hydrogen-bond donors (Lipinski definition) is 0. The molecule has 1 heterocycles. The minimum atomic E-state index is -3.91. The van der Waals surface area contributed by atoms with Crippen LogP contribution in [0, 0.1) is 5.82 Å². The van der Waals surface area contributed by atoms with Crippen molar-refractivity contribution in [3.63, 3.8) is 0 Å². The molecule has 0 amide bonds. The molecule has 0 aliphatic heterocycles. The van der Waals surface area contributed by atoms with Crippen molar-refractivity contribution in [2.45, 2.75) is 10.6 Å². The maximum atomic E-state index is 12.9. The lowest BCUT2D eigenvalue weighted by Gasteiger charge is -2.05. The van der Waals surface area contributed by atoms with Crippen LogP contribution in [0.3, 0.4) is 0 Å². The van der Waals surface area contributed by atoms with Gasteiger partial charge < -0.3 is 4.42 Å². The molecule has 0 spiro atoms. The van der Waals surface area contributed by atoms with Crippen molar-refractivity contribution < 1.29 is 17.2 Å². The van der Waals surface area contributed by atoms with E-state index in [9.17, 15) is 17.6 Å². The summed E-state index contributed by atoms with van der Waals surface area (Å²) in [6.07, 6.45) is 0. The monoisotopic (exact) mass is 396 g/mol. The van der Waals surface area contributed by atoms with Gasteiger partial charge in [-0.2, -0.15) is 0 Å². The maximum Gasteiger partial charge on any atom is 0.355 e. The van der Waals surface area contributed by atoms with Gasteiger partial charge in [0, 0.05) is 9.86 Å². The Labute approximate surface area is 139 Å². The molecule has 0 atom stereocenters. The van der Waals surface area contributed by atoms with Gasteiger partial charge in [0.2, 0.25) is 0 Å². The fourth-order valence-corrected chi connectivity index (χ4v) is 3.94. The van der Waals surface area contributed by atoms with Crippen molar-refractivity contribution in [3.8, 4) is 0 Å². The van der Waals surface area contributed by atoms with Crippen molar-refractivity contribution in [3.05, 3.63) is 74.8 Å². The van der Waals surface area contributed by atoms with Gasteiger partial charge in [-0.25, -0.2) is 17.6 Å². The van der Waals surface area contributed by atoms with E-state index in [1.165, 1.54) is 30.3 Å². The molecule has 7 heteroatoms.